The van der Waals surface area contributed by atoms with Gasteiger partial charge in [0.2, 0.25) is 0 Å². The Hall–Kier alpha value is -2.30. The third-order valence-electron chi connectivity index (χ3n) is 3.75. The largest absolute Gasteiger partial charge is 0.493 e. The molecule has 25 heavy (non-hydrogen) atoms. The smallest absolute Gasteiger partial charge is 0.162 e. The van der Waals surface area contributed by atoms with Crippen molar-refractivity contribution < 1.29 is 14.2 Å². The number of hydrogen-bond donors (Lipinski definition) is 1. The molecule has 0 bridgehead atoms. The van der Waals surface area contributed by atoms with Gasteiger partial charge in [-0.3, -0.25) is 0 Å². The van der Waals surface area contributed by atoms with Crippen molar-refractivity contribution in [1.82, 2.24) is 5.32 Å². The number of benzene rings is 2. The molecule has 0 amide bonds. The van der Waals surface area contributed by atoms with E-state index in [1.54, 1.807) is 13.2 Å². The maximum Gasteiger partial charge on any atom is 0.162 e. The molecule has 1 aliphatic rings. The van der Waals surface area contributed by atoms with E-state index >= 15 is 0 Å². The summed E-state index contributed by atoms with van der Waals surface area (Å²) >= 11 is 0. The summed E-state index contributed by atoms with van der Waals surface area (Å²) < 4.78 is 17.6. The number of rotatable bonds is 5. The van der Waals surface area contributed by atoms with E-state index < -0.39 is 0 Å². The van der Waals surface area contributed by atoms with Gasteiger partial charge < -0.3 is 19.5 Å². The molecule has 0 spiro atoms. The zero-order valence-corrected chi connectivity index (χ0v) is 15.0. The molecule has 1 N–H and O–H groups in total. The molecule has 2 aromatic carbocycles. The first-order valence-electron chi connectivity index (χ1n) is 8.54. The molecule has 2 aromatic rings. The number of para-hydroxylation sites is 2. The van der Waals surface area contributed by atoms with Crippen LogP contribution in [0.25, 0.3) is 0 Å². The first-order chi connectivity index (χ1) is 12.3. The van der Waals surface area contributed by atoms with Crippen LogP contribution in [0.15, 0.2) is 67.3 Å². The van der Waals surface area contributed by atoms with Gasteiger partial charge in [-0.1, -0.05) is 48.5 Å². The highest BCUT2D eigenvalue weighted by Gasteiger charge is 2.28. The molecular formula is C21H27NO3. The predicted molar refractivity (Wildman–Crippen MR) is 101 cm³/mol. The molecule has 0 aromatic heterocycles. The quantitative estimate of drug-likeness (QED) is 0.835. The van der Waals surface area contributed by atoms with Gasteiger partial charge in [-0.05, 0) is 24.6 Å². The van der Waals surface area contributed by atoms with Crippen LogP contribution in [-0.2, 0) is 4.74 Å². The summed E-state index contributed by atoms with van der Waals surface area (Å²) in [6.45, 7) is 7.60. The van der Waals surface area contributed by atoms with Gasteiger partial charge >= 0.3 is 0 Å². The number of ether oxygens (including phenoxy) is 3. The molecule has 134 valence electrons. The van der Waals surface area contributed by atoms with Crippen molar-refractivity contribution in [3.63, 3.8) is 0 Å². The first kappa shape index (κ1) is 19.0. The monoisotopic (exact) mass is 341 g/mol. The van der Waals surface area contributed by atoms with Gasteiger partial charge in [0.25, 0.3) is 0 Å². The van der Waals surface area contributed by atoms with Crippen molar-refractivity contribution >= 4 is 0 Å². The second-order valence-electron chi connectivity index (χ2n) is 5.62. The van der Waals surface area contributed by atoms with E-state index in [9.17, 15) is 0 Å². The molecule has 2 unspecified atom stereocenters. The molecule has 0 radical (unpaired) electrons. The maximum absolute atomic E-state index is 6.27. The lowest BCUT2D eigenvalue weighted by molar-refractivity contribution is -0.0438. The van der Waals surface area contributed by atoms with Gasteiger partial charge in [0.05, 0.1) is 13.7 Å². The Kier molecular flexibility index (Phi) is 8.02. The Morgan fingerprint density at radius 3 is 2.36 bits per heavy atom. The summed E-state index contributed by atoms with van der Waals surface area (Å²) in [6, 6.07) is 17.9. The van der Waals surface area contributed by atoms with E-state index in [1.165, 1.54) is 0 Å². The van der Waals surface area contributed by atoms with E-state index in [1.807, 2.05) is 49.4 Å². The van der Waals surface area contributed by atoms with Crippen LogP contribution in [-0.4, -0.2) is 32.9 Å². The fraction of sp³-hybridized carbons (Fsp3) is 0.333. The molecule has 2 atom stereocenters. The van der Waals surface area contributed by atoms with Crippen LogP contribution >= 0.6 is 0 Å². The van der Waals surface area contributed by atoms with Crippen LogP contribution in [0.3, 0.4) is 0 Å². The summed E-state index contributed by atoms with van der Waals surface area (Å²) in [5.41, 5.74) is 1.10. The molecule has 3 rings (SSSR count). The maximum atomic E-state index is 6.27. The number of morpholine rings is 1. The Morgan fingerprint density at radius 2 is 1.76 bits per heavy atom. The highest BCUT2D eigenvalue weighted by atomic mass is 16.6. The lowest BCUT2D eigenvalue weighted by Crippen LogP contribution is -2.43. The van der Waals surface area contributed by atoms with Crippen molar-refractivity contribution in [2.24, 2.45) is 0 Å². The Balaban J connectivity index is 0.000000701. The van der Waals surface area contributed by atoms with Crippen molar-refractivity contribution in [3.8, 4) is 11.5 Å². The summed E-state index contributed by atoms with van der Waals surface area (Å²) in [6.07, 6.45) is 1.55. The lowest BCUT2D eigenvalue weighted by atomic mass is 10.0. The average Bonchev–Trinajstić information content (AvgIpc) is 2.68. The standard InChI is InChI=1S/C18H21NO3.C3H6/c1-20-15-9-5-6-10-16(15)22-18(14-7-3-2-4-8-14)17-13-19-11-12-21-17;1-3-2/h2-10,17-19H,11-13H2,1H3;3H,1H2,2H3. The Labute approximate surface area is 150 Å². The van der Waals surface area contributed by atoms with Crippen LogP contribution in [0.1, 0.15) is 18.6 Å². The molecule has 1 aliphatic heterocycles. The number of hydrogen-bond acceptors (Lipinski definition) is 4. The van der Waals surface area contributed by atoms with Gasteiger partial charge in [-0.25, -0.2) is 0 Å². The summed E-state index contributed by atoms with van der Waals surface area (Å²) in [5.74, 6) is 1.46. The Bertz CT molecular complexity index is 624. The zero-order chi connectivity index (χ0) is 17.9. The van der Waals surface area contributed by atoms with Crippen molar-refractivity contribution in [2.45, 2.75) is 19.1 Å². The van der Waals surface area contributed by atoms with E-state index in [0.29, 0.717) is 6.61 Å². The van der Waals surface area contributed by atoms with Gasteiger partial charge in [0.1, 0.15) is 6.10 Å². The van der Waals surface area contributed by atoms with Crippen LogP contribution in [0.5, 0.6) is 11.5 Å². The van der Waals surface area contributed by atoms with Gasteiger partial charge in [-0.15, -0.1) is 6.58 Å². The fourth-order valence-corrected chi connectivity index (χ4v) is 2.63. The minimum Gasteiger partial charge on any atom is -0.493 e. The normalized spacial score (nSPS) is 17.6. The SMILES string of the molecule is C=CC.COc1ccccc1OC(c1ccccc1)C1CNCCO1. The highest BCUT2D eigenvalue weighted by Crippen LogP contribution is 2.33. The molecule has 0 aliphatic carbocycles. The molecule has 4 heteroatoms. The van der Waals surface area contributed by atoms with Crippen LogP contribution in [0.4, 0.5) is 0 Å². The molecular weight excluding hydrogens is 314 g/mol. The number of allylic oxidation sites excluding steroid dienone is 1. The van der Waals surface area contributed by atoms with Crippen molar-refractivity contribution in [1.29, 1.82) is 0 Å². The summed E-state index contributed by atoms with van der Waals surface area (Å²) in [4.78, 5) is 0. The van der Waals surface area contributed by atoms with Crippen molar-refractivity contribution in [2.75, 3.05) is 26.8 Å². The molecule has 1 fully saturated rings. The van der Waals surface area contributed by atoms with Gasteiger partial charge in [0.15, 0.2) is 17.6 Å². The lowest BCUT2D eigenvalue weighted by Gasteiger charge is -2.32. The second-order valence-corrected chi connectivity index (χ2v) is 5.62. The number of methoxy groups -OCH3 is 1. The second kappa shape index (κ2) is 10.5. The fourth-order valence-electron chi connectivity index (χ4n) is 2.63. The summed E-state index contributed by atoms with van der Waals surface area (Å²) in [7, 11) is 1.65. The third kappa shape index (κ3) is 5.62. The third-order valence-corrected chi connectivity index (χ3v) is 3.75. The first-order valence-corrected chi connectivity index (χ1v) is 8.54. The minimum atomic E-state index is -0.176. The summed E-state index contributed by atoms with van der Waals surface area (Å²) in [5, 5.41) is 3.36. The van der Waals surface area contributed by atoms with Gasteiger partial charge in [0, 0.05) is 13.1 Å². The average molecular weight is 341 g/mol. The van der Waals surface area contributed by atoms with E-state index in [2.05, 4.69) is 24.0 Å². The Morgan fingerprint density at radius 1 is 1.12 bits per heavy atom. The van der Waals surface area contributed by atoms with Crippen molar-refractivity contribution in [3.05, 3.63) is 72.8 Å². The van der Waals surface area contributed by atoms with E-state index in [4.69, 9.17) is 14.2 Å². The zero-order valence-electron chi connectivity index (χ0n) is 15.0. The molecule has 4 nitrogen and oxygen atoms in total. The molecule has 1 saturated heterocycles. The van der Waals surface area contributed by atoms with E-state index in [0.717, 1.165) is 30.2 Å². The minimum absolute atomic E-state index is 0.0268. The topological polar surface area (TPSA) is 39.7 Å². The molecule has 0 saturated carbocycles. The van der Waals surface area contributed by atoms with Crippen LogP contribution in [0, 0.1) is 0 Å². The van der Waals surface area contributed by atoms with Crippen LogP contribution < -0.4 is 14.8 Å². The predicted octanol–water partition coefficient (Wildman–Crippen LogP) is 4.00. The van der Waals surface area contributed by atoms with Gasteiger partial charge in [-0.2, -0.15) is 0 Å². The van der Waals surface area contributed by atoms with E-state index in [-0.39, 0.29) is 12.2 Å². The highest BCUT2D eigenvalue weighted by molar-refractivity contribution is 5.40. The molecule has 1 heterocycles. The number of nitrogens with one attached hydrogen (secondary N) is 1. The van der Waals surface area contributed by atoms with Crippen LogP contribution in [0.2, 0.25) is 0 Å².